The van der Waals surface area contributed by atoms with E-state index in [0.717, 1.165) is 13.1 Å². The van der Waals surface area contributed by atoms with E-state index in [1.165, 1.54) is 19.4 Å². The van der Waals surface area contributed by atoms with Gasteiger partial charge in [0.1, 0.15) is 0 Å². The van der Waals surface area contributed by atoms with Gasteiger partial charge in [0.2, 0.25) is 5.91 Å². The molecule has 2 rings (SSSR count). The summed E-state index contributed by atoms with van der Waals surface area (Å²) < 4.78 is 0. The van der Waals surface area contributed by atoms with Crippen molar-refractivity contribution in [3.05, 3.63) is 0 Å². The number of likely N-dealkylation sites (tertiary alicyclic amines) is 1. The molecule has 0 aliphatic carbocycles. The molecule has 0 aromatic carbocycles. The quantitative estimate of drug-likeness (QED) is 0.789. The fraction of sp³-hybridized carbons (Fsp3) is 0.923. The van der Waals surface area contributed by atoms with Crippen LogP contribution in [0.3, 0.4) is 0 Å². The average Bonchev–Trinajstić information content (AvgIpc) is 2.61. The van der Waals surface area contributed by atoms with E-state index < -0.39 is 0 Å². The van der Waals surface area contributed by atoms with Crippen LogP contribution in [0.25, 0.3) is 0 Å². The highest BCUT2D eigenvalue weighted by Crippen LogP contribution is 2.21. The predicted octanol–water partition coefficient (Wildman–Crippen LogP) is 0.742. The molecule has 0 bridgehead atoms. The van der Waals surface area contributed by atoms with Crippen LogP contribution in [0.15, 0.2) is 0 Å². The van der Waals surface area contributed by atoms with Crippen LogP contribution in [0.1, 0.15) is 26.7 Å². The Morgan fingerprint density at radius 3 is 2.88 bits per heavy atom. The van der Waals surface area contributed by atoms with Gasteiger partial charge in [0.25, 0.3) is 0 Å². The maximum absolute atomic E-state index is 11.9. The maximum Gasteiger partial charge on any atom is 0.237 e. The van der Waals surface area contributed by atoms with E-state index in [2.05, 4.69) is 36.0 Å². The van der Waals surface area contributed by atoms with Gasteiger partial charge in [-0.3, -0.25) is 10.1 Å². The summed E-state index contributed by atoms with van der Waals surface area (Å²) in [4.78, 5) is 16.3. The monoisotopic (exact) mass is 239 g/mol. The Labute approximate surface area is 104 Å². The number of amides is 1. The predicted molar refractivity (Wildman–Crippen MR) is 68.6 cm³/mol. The topological polar surface area (TPSA) is 35.6 Å². The molecule has 2 saturated heterocycles. The van der Waals surface area contributed by atoms with E-state index in [1.54, 1.807) is 0 Å². The molecule has 17 heavy (non-hydrogen) atoms. The fourth-order valence-electron chi connectivity index (χ4n) is 3.07. The standard InChI is InChI=1S/C13H25N3O/c1-10(2)13-14-7-12(17)16(13)9-11-5-4-6-15(3)8-11/h10-11,13-14H,4-9H2,1-3H3. The number of carbonyl (C=O) groups excluding carboxylic acids is 1. The van der Waals surface area contributed by atoms with Gasteiger partial charge in [-0.25, -0.2) is 0 Å². The lowest BCUT2D eigenvalue weighted by Crippen LogP contribution is -2.46. The molecule has 2 aliphatic rings. The highest BCUT2D eigenvalue weighted by molar-refractivity contribution is 5.80. The van der Waals surface area contributed by atoms with Crippen LogP contribution in [0, 0.1) is 11.8 Å². The normalized spacial score (nSPS) is 31.5. The number of hydrogen-bond donors (Lipinski definition) is 1. The highest BCUT2D eigenvalue weighted by atomic mass is 16.2. The molecule has 1 amide bonds. The first-order chi connectivity index (χ1) is 8.08. The van der Waals surface area contributed by atoms with Crippen LogP contribution in [0.5, 0.6) is 0 Å². The maximum atomic E-state index is 11.9. The summed E-state index contributed by atoms with van der Waals surface area (Å²) in [5.74, 6) is 1.42. The third-order valence-electron chi connectivity index (χ3n) is 3.93. The van der Waals surface area contributed by atoms with E-state index in [0.29, 0.717) is 18.4 Å². The van der Waals surface area contributed by atoms with Crippen LogP contribution in [-0.2, 0) is 4.79 Å². The summed E-state index contributed by atoms with van der Waals surface area (Å²) in [6.45, 7) is 8.14. The number of piperidine rings is 1. The molecule has 1 N–H and O–H groups in total. The van der Waals surface area contributed by atoms with Crippen molar-refractivity contribution in [2.24, 2.45) is 11.8 Å². The summed E-state index contributed by atoms with van der Waals surface area (Å²) in [5.41, 5.74) is 0. The Hall–Kier alpha value is -0.610. The molecule has 98 valence electrons. The van der Waals surface area contributed by atoms with Crippen molar-refractivity contribution in [1.29, 1.82) is 0 Å². The van der Waals surface area contributed by atoms with Crippen LogP contribution in [0.4, 0.5) is 0 Å². The van der Waals surface area contributed by atoms with Gasteiger partial charge in [-0.05, 0) is 38.3 Å². The summed E-state index contributed by atoms with van der Waals surface area (Å²) in [5, 5.41) is 3.32. The average molecular weight is 239 g/mol. The number of hydrogen-bond acceptors (Lipinski definition) is 3. The molecule has 2 heterocycles. The summed E-state index contributed by atoms with van der Waals surface area (Å²) >= 11 is 0. The van der Waals surface area contributed by atoms with E-state index >= 15 is 0 Å². The van der Waals surface area contributed by atoms with Gasteiger partial charge in [0, 0.05) is 13.1 Å². The molecule has 0 radical (unpaired) electrons. The van der Waals surface area contributed by atoms with Gasteiger partial charge in [0.15, 0.2) is 0 Å². The second-order valence-electron chi connectivity index (χ2n) is 5.89. The van der Waals surface area contributed by atoms with Crippen molar-refractivity contribution in [3.63, 3.8) is 0 Å². The third-order valence-corrected chi connectivity index (χ3v) is 3.93. The van der Waals surface area contributed by atoms with E-state index in [1.807, 2.05) is 0 Å². The van der Waals surface area contributed by atoms with Gasteiger partial charge in [-0.15, -0.1) is 0 Å². The number of nitrogens with one attached hydrogen (secondary N) is 1. The first-order valence-corrected chi connectivity index (χ1v) is 6.79. The van der Waals surface area contributed by atoms with Crippen molar-refractivity contribution in [2.75, 3.05) is 33.2 Å². The van der Waals surface area contributed by atoms with Gasteiger partial charge >= 0.3 is 0 Å². The van der Waals surface area contributed by atoms with Crippen molar-refractivity contribution in [3.8, 4) is 0 Å². The molecule has 2 unspecified atom stereocenters. The molecule has 2 aliphatic heterocycles. The Morgan fingerprint density at radius 1 is 1.47 bits per heavy atom. The van der Waals surface area contributed by atoms with Crippen molar-refractivity contribution >= 4 is 5.91 Å². The molecular formula is C13H25N3O. The minimum Gasteiger partial charge on any atom is -0.325 e. The Balaban J connectivity index is 1.93. The first-order valence-electron chi connectivity index (χ1n) is 6.79. The molecule has 0 saturated carbocycles. The second-order valence-corrected chi connectivity index (χ2v) is 5.89. The molecule has 4 heteroatoms. The van der Waals surface area contributed by atoms with E-state index in [4.69, 9.17) is 0 Å². The molecule has 2 fully saturated rings. The van der Waals surface area contributed by atoms with Gasteiger partial charge in [-0.2, -0.15) is 0 Å². The SMILES string of the molecule is CC(C)C1NCC(=O)N1CC1CCCN(C)C1. The van der Waals surface area contributed by atoms with Crippen molar-refractivity contribution < 1.29 is 4.79 Å². The minimum absolute atomic E-state index is 0.245. The van der Waals surface area contributed by atoms with Crippen LogP contribution in [-0.4, -0.2) is 55.1 Å². The lowest BCUT2D eigenvalue weighted by atomic mass is 9.97. The molecule has 0 aromatic heterocycles. The second kappa shape index (κ2) is 5.36. The first kappa shape index (κ1) is 12.8. The molecule has 0 aromatic rings. The Morgan fingerprint density at radius 2 is 2.24 bits per heavy atom. The van der Waals surface area contributed by atoms with E-state index in [-0.39, 0.29) is 12.1 Å². The zero-order valence-corrected chi connectivity index (χ0v) is 11.3. The van der Waals surface area contributed by atoms with E-state index in [9.17, 15) is 4.79 Å². The summed E-state index contributed by atoms with van der Waals surface area (Å²) in [6, 6.07) is 0. The summed E-state index contributed by atoms with van der Waals surface area (Å²) in [6.07, 6.45) is 2.77. The summed E-state index contributed by atoms with van der Waals surface area (Å²) in [7, 11) is 2.18. The lowest BCUT2D eigenvalue weighted by Gasteiger charge is -2.35. The van der Waals surface area contributed by atoms with Crippen molar-refractivity contribution in [1.82, 2.24) is 15.1 Å². The van der Waals surface area contributed by atoms with Gasteiger partial charge in [-0.1, -0.05) is 13.8 Å². The van der Waals surface area contributed by atoms with Crippen molar-refractivity contribution in [2.45, 2.75) is 32.9 Å². The van der Waals surface area contributed by atoms with Crippen LogP contribution >= 0.6 is 0 Å². The number of carbonyl (C=O) groups is 1. The Bertz CT molecular complexity index is 280. The minimum atomic E-state index is 0.245. The molecule has 2 atom stereocenters. The van der Waals surface area contributed by atoms with Gasteiger partial charge in [0.05, 0.1) is 12.7 Å². The molecule has 0 spiro atoms. The lowest BCUT2D eigenvalue weighted by molar-refractivity contribution is -0.129. The largest absolute Gasteiger partial charge is 0.325 e. The smallest absolute Gasteiger partial charge is 0.237 e. The number of nitrogens with zero attached hydrogens (tertiary/aromatic N) is 2. The van der Waals surface area contributed by atoms with Crippen LogP contribution < -0.4 is 5.32 Å². The zero-order chi connectivity index (χ0) is 12.4. The number of rotatable bonds is 3. The highest BCUT2D eigenvalue weighted by Gasteiger charge is 2.34. The zero-order valence-electron chi connectivity index (χ0n) is 11.3. The van der Waals surface area contributed by atoms with Crippen LogP contribution in [0.2, 0.25) is 0 Å². The third kappa shape index (κ3) is 2.99. The Kier molecular flexibility index (Phi) is 4.05. The molecule has 4 nitrogen and oxygen atoms in total. The molecular weight excluding hydrogens is 214 g/mol. The van der Waals surface area contributed by atoms with Gasteiger partial charge < -0.3 is 9.80 Å². The fourth-order valence-corrected chi connectivity index (χ4v) is 3.07.